The summed E-state index contributed by atoms with van der Waals surface area (Å²) >= 11 is 1.67. The van der Waals surface area contributed by atoms with Gasteiger partial charge in [-0.15, -0.1) is 11.3 Å². The van der Waals surface area contributed by atoms with Crippen LogP contribution in [0.2, 0.25) is 0 Å². The second kappa shape index (κ2) is 8.22. The zero-order chi connectivity index (χ0) is 23.2. The van der Waals surface area contributed by atoms with Crippen molar-refractivity contribution in [1.82, 2.24) is 19.5 Å². The van der Waals surface area contributed by atoms with Crippen LogP contribution in [0.5, 0.6) is 0 Å². The van der Waals surface area contributed by atoms with E-state index in [2.05, 4.69) is 62.5 Å². The number of carboxylic acid groups (broad SMARTS) is 1. The second-order valence-electron chi connectivity index (χ2n) is 8.83. The van der Waals surface area contributed by atoms with Gasteiger partial charge in [-0.25, -0.2) is 15.0 Å². The number of pyridine rings is 1. The molecule has 0 aliphatic heterocycles. The summed E-state index contributed by atoms with van der Waals surface area (Å²) in [4.78, 5) is 26.3. The highest BCUT2D eigenvalue weighted by atomic mass is 32.1. The Morgan fingerprint density at radius 3 is 2.68 bits per heavy atom. The second-order valence-corrected chi connectivity index (χ2v) is 9.78. The molecule has 4 heterocycles. The van der Waals surface area contributed by atoms with Crippen LogP contribution in [0.4, 0.5) is 5.82 Å². The third-order valence-electron chi connectivity index (χ3n) is 6.85. The number of rotatable bonds is 4. The average molecular weight is 470 g/mol. The Morgan fingerprint density at radius 2 is 1.91 bits per heavy atom. The lowest BCUT2D eigenvalue weighted by Gasteiger charge is -2.27. The molecule has 3 N–H and O–H groups in total. The van der Waals surface area contributed by atoms with Gasteiger partial charge < -0.3 is 15.4 Å². The molecule has 8 heteroatoms. The van der Waals surface area contributed by atoms with Crippen molar-refractivity contribution in [2.24, 2.45) is 5.92 Å². The number of benzene rings is 1. The minimum Gasteiger partial charge on any atom is -0.481 e. The van der Waals surface area contributed by atoms with Gasteiger partial charge in [0, 0.05) is 23.2 Å². The van der Waals surface area contributed by atoms with Gasteiger partial charge in [0.05, 0.1) is 27.4 Å². The highest BCUT2D eigenvalue weighted by Gasteiger charge is 2.28. The SMILES string of the molecule is Nc1ncnc2c1c(-c1ccc3ccc(-c4cccs4)nc3c1)cn2C1CCC(C(=O)O)CC1. The fourth-order valence-electron chi connectivity index (χ4n) is 5.05. The molecule has 0 amide bonds. The van der Waals surface area contributed by atoms with Gasteiger partial charge in [0.1, 0.15) is 17.8 Å². The van der Waals surface area contributed by atoms with Crippen molar-refractivity contribution in [2.75, 3.05) is 5.73 Å². The first kappa shape index (κ1) is 20.8. The number of aromatic nitrogens is 4. The molecule has 1 aliphatic carbocycles. The molecule has 0 unspecified atom stereocenters. The number of nitrogen functional groups attached to an aromatic ring is 1. The van der Waals surface area contributed by atoms with E-state index in [1.54, 1.807) is 11.3 Å². The minimum absolute atomic E-state index is 0.185. The Morgan fingerprint density at radius 1 is 1.09 bits per heavy atom. The first-order valence-corrected chi connectivity index (χ1v) is 12.3. The van der Waals surface area contributed by atoms with Crippen LogP contribution in [0.1, 0.15) is 31.7 Å². The van der Waals surface area contributed by atoms with E-state index in [-0.39, 0.29) is 12.0 Å². The number of hydrogen-bond donors (Lipinski definition) is 2. The van der Waals surface area contributed by atoms with Gasteiger partial charge in [0.25, 0.3) is 0 Å². The molecule has 170 valence electrons. The molecular formula is C26H23N5O2S. The van der Waals surface area contributed by atoms with Crippen LogP contribution in [0.15, 0.2) is 60.4 Å². The Kier molecular flexibility index (Phi) is 5.03. The summed E-state index contributed by atoms with van der Waals surface area (Å²) in [5.41, 5.74) is 11.0. The minimum atomic E-state index is -0.700. The van der Waals surface area contributed by atoms with Crippen LogP contribution in [0, 0.1) is 5.92 Å². The van der Waals surface area contributed by atoms with Crippen LogP contribution in [0.25, 0.3) is 43.6 Å². The molecular weight excluding hydrogens is 446 g/mol. The summed E-state index contributed by atoms with van der Waals surface area (Å²) in [7, 11) is 0. The lowest BCUT2D eigenvalue weighted by atomic mass is 9.86. The fraction of sp³-hybridized carbons (Fsp3) is 0.231. The predicted molar refractivity (Wildman–Crippen MR) is 135 cm³/mol. The molecule has 1 saturated carbocycles. The van der Waals surface area contributed by atoms with Crippen molar-refractivity contribution in [3.63, 3.8) is 0 Å². The van der Waals surface area contributed by atoms with Crippen molar-refractivity contribution in [1.29, 1.82) is 0 Å². The van der Waals surface area contributed by atoms with Gasteiger partial charge in [-0.05, 0) is 54.8 Å². The number of hydrogen-bond acceptors (Lipinski definition) is 6. The molecule has 1 aliphatic rings. The van der Waals surface area contributed by atoms with Crippen LogP contribution in [0.3, 0.4) is 0 Å². The van der Waals surface area contributed by atoms with E-state index in [1.165, 1.54) is 6.33 Å². The average Bonchev–Trinajstić information content (AvgIpc) is 3.53. The third kappa shape index (κ3) is 3.51. The largest absolute Gasteiger partial charge is 0.481 e. The molecule has 1 fully saturated rings. The molecule has 6 rings (SSSR count). The maximum atomic E-state index is 11.4. The molecule has 1 aromatic carbocycles. The zero-order valence-electron chi connectivity index (χ0n) is 18.4. The van der Waals surface area contributed by atoms with Crippen LogP contribution < -0.4 is 5.73 Å². The molecule has 0 radical (unpaired) electrons. The number of fused-ring (bicyclic) bond motifs is 2. The third-order valence-corrected chi connectivity index (χ3v) is 7.75. The Balaban J connectivity index is 1.45. The van der Waals surface area contributed by atoms with Crippen molar-refractivity contribution in [3.05, 3.63) is 60.4 Å². The van der Waals surface area contributed by atoms with E-state index in [9.17, 15) is 9.90 Å². The van der Waals surface area contributed by atoms with Crippen LogP contribution in [-0.2, 0) is 4.79 Å². The summed E-state index contributed by atoms with van der Waals surface area (Å²) in [6.45, 7) is 0. The van der Waals surface area contributed by atoms with E-state index in [0.29, 0.717) is 18.7 Å². The maximum absolute atomic E-state index is 11.4. The summed E-state index contributed by atoms with van der Waals surface area (Å²) in [5.74, 6) is -0.520. The maximum Gasteiger partial charge on any atom is 0.306 e. The van der Waals surface area contributed by atoms with Crippen LogP contribution in [-0.4, -0.2) is 30.6 Å². The number of aliphatic carboxylic acids is 1. The first-order chi connectivity index (χ1) is 16.6. The summed E-state index contributed by atoms with van der Waals surface area (Å²) < 4.78 is 2.17. The zero-order valence-corrected chi connectivity index (χ0v) is 19.2. The molecule has 0 spiro atoms. The highest BCUT2D eigenvalue weighted by molar-refractivity contribution is 7.13. The standard InChI is InChI=1S/C26H23N5O2S/c27-24-23-19(13-31(25(23)29-14-28-24)18-8-5-16(6-9-18)26(32)33)17-4-3-15-7-10-20(30-21(15)12-17)22-2-1-11-34-22/h1-4,7,10-14,16,18H,5-6,8-9H2,(H,32,33)(H2,27,28,29). The van der Waals surface area contributed by atoms with E-state index in [0.717, 1.165) is 56.5 Å². The molecule has 5 aromatic rings. The molecule has 0 atom stereocenters. The summed E-state index contributed by atoms with van der Waals surface area (Å²) in [5, 5.41) is 13.3. The van der Waals surface area contributed by atoms with Gasteiger partial charge >= 0.3 is 5.97 Å². The number of carbonyl (C=O) groups is 1. The quantitative estimate of drug-likeness (QED) is 0.346. The molecule has 4 aromatic heterocycles. The summed E-state index contributed by atoms with van der Waals surface area (Å²) in [6, 6.07) is 14.7. The lowest BCUT2D eigenvalue weighted by molar-refractivity contribution is -0.143. The first-order valence-electron chi connectivity index (χ1n) is 11.4. The van der Waals surface area contributed by atoms with Gasteiger partial charge in [-0.1, -0.05) is 24.3 Å². The van der Waals surface area contributed by atoms with E-state index in [4.69, 9.17) is 10.7 Å². The molecule has 0 bridgehead atoms. The monoisotopic (exact) mass is 469 g/mol. The van der Waals surface area contributed by atoms with Crippen molar-refractivity contribution < 1.29 is 9.90 Å². The van der Waals surface area contributed by atoms with Crippen molar-refractivity contribution in [3.8, 4) is 21.7 Å². The van der Waals surface area contributed by atoms with Crippen molar-refractivity contribution >= 4 is 45.1 Å². The highest BCUT2D eigenvalue weighted by Crippen LogP contribution is 2.40. The Bertz CT molecular complexity index is 1520. The Hall–Kier alpha value is -3.78. The number of nitrogens with zero attached hydrogens (tertiary/aromatic N) is 4. The lowest BCUT2D eigenvalue weighted by Crippen LogP contribution is -2.23. The van der Waals surface area contributed by atoms with E-state index >= 15 is 0 Å². The topological polar surface area (TPSA) is 107 Å². The van der Waals surface area contributed by atoms with Gasteiger partial charge in [0.2, 0.25) is 0 Å². The number of thiophene rings is 1. The van der Waals surface area contributed by atoms with Crippen LogP contribution >= 0.6 is 11.3 Å². The summed E-state index contributed by atoms with van der Waals surface area (Å²) in [6.07, 6.45) is 6.53. The van der Waals surface area contributed by atoms with E-state index < -0.39 is 5.97 Å². The van der Waals surface area contributed by atoms with E-state index in [1.807, 2.05) is 6.07 Å². The number of anilines is 1. The van der Waals surface area contributed by atoms with Gasteiger partial charge in [-0.2, -0.15) is 0 Å². The Labute approximate surface area is 199 Å². The number of nitrogens with two attached hydrogens (primary N) is 1. The normalized spacial score (nSPS) is 18.5. The van der Waals surface area contributed by atoms with Gasteiger partial charge in [-0.3, -0.25) is 4.79 Å². The molecule has 7 nitrogen and oxygen atoms in total. The van der Waals surface area contributed by atoms with Crippen molar-refractivity contribution in [2.45, 2.75) is 31.7 Å². The molecule has 34 heavy (non-hydrogen) atoms. The van der Waals surface area contributed by atoms with Gasteiger partial charge in [0.15, 0.2) is 0 Å². The molecule has 0 saturated heterocycles. The number of carboxylic acids is 1. The fourth-order valence-corrected chi connectivity index (χ4v) is 5.75. The predicted octanol–water partition coefficient (Wildman–Crippen LogP) is 5.77. The smallest absolute Gasteiger partial charge is 0.306 e.